The molecule has 2 aliphatic carbocycles. The summed E-state index contributed by atoms with van der Waals surface area (Å²) in [6, 6.07) is 32.6. The topological polar surface area (TPSA) is 85.2 Å². The van der Waals surface area contributed by atoms with Crippen LogP contribution < -0.4 is 5.32 Å². The number of carbonyl (C=O) groups is 4. The number of hydrogen-bond acceptors (Lipinski definition) is 5. The molecule has 6 heteroatoms. The Bertz CT molecular complexity index is 1970. The molecular formula is C36H24N2O4. The summed E-state index contributed by atoms with van der Waals surface area (Å²) in [6.07, 6.45) is 1.68. The molecule has 6 nitrogen and oxygen atoms in total. The minimum absolute atomic E-state index is 0.0956. The van der Waals surface area contributed by atoms with Crippen molar-refractivity contribution in [1.29, 1.82) is 0 Å². The van der Waals surface area contributed by atoms with Gasteiger partial charge >= 0.3 is 0 Å². The molecule has 2 aliphatic rings. The van der Waals surface area contributed by atoms with E-state index in [2.05, 4.69) is 5.32 Å². The smallest absolute Gasteiger partial charge is 0.210 e. The molecule has 42 heavy (non-hydrogen) atoms. The molecule has 1 aromatic heterocycles. The lowest BCUT2D eigenvalue weighted by Crippen LogP contribution is -2.30. The van der Waals surface area contributed by atoms with Crippen LogP contribution in [0.3, 0.4) is 0 Å². The molecule has 1 N–H and O–H groups in total. The zero-order valence-electron chi connectivity index (χ0n) is 22.5. The molecule has 0 aliphatic heterocycles. The summed E-state index contributed by atoms with van der Waals surface area (Å²) in [4.78, 5) is 56.2. The van der Waals surface area contributed by atoms with Crippen molar-refractivity contribution in [2.75, 3.05) is 0 Å². The van der Waals surface area contributed by atoms with Crippen LogP contribution in [0.4, 0.5) is 0 Å². The SMILES string of the molecule is O=C1C(NCc2ccccc2)=C(c2cn(Cc3ccccc3)c3c2C(=O)c2ccccc2C3=O)C(=O)c2ccccc21. The highest BCUT2D eigenvalue weighted by Crippen LogP contribution is 2.39. The third-order valence-corrected chi connectivity index (χ3v) is 7.83. The molecule has 0 amide bonds. The fourth-order valence-corrected chi connectivity index (χ4v) is 5.85. The summed E-state index contributed by atoms with van der Waals surface area (Å²) < 4.78 is 1.73. The zero-order valence-corrected chi connectivity index (χ0v) is 22.5. The first-order chi connectivity index (χ1) is 20.5. The normalized spacial score (nSPS) is 14.0. The molecule has 0 unspecified atom stereocenters. The molecule has 0 saturated carbocycles. The van der Waals surface area contributed by atoms with Gasteiger partial charge in [0.1, 0.15) is 5.69 Å². The van der Waals surface area contributed by atoms with E-state index in [-0.39, 0.29) is 62.4 Å². The number of hydrogen-bond donors (Lipinski definition) is 1. The van der Waals surface area contributed by atoms with Crippen molar-refractivity contribution in [2.24, 2.45) is 0 Å². The number of nitrogens with one attached hydrogen (secondary N) is 1. The molecule has 202 valence electrons. The first kappa shape index (κ1) is 25.4. The Labute approximate surface area is 241 Å². The largest absolute Gasteiger partial charge is 0.377 e. The van der Waals surface area contributed by atoms with E-state index in [9.17, 15) is 19.2 Å². The van der Waals surface area contributed by atoms with Crippen LogP contribution in [0.5, 0.6) is 0 Å². The summed E-state index contributed by atoms with van der Waals surface area (Å²) >= 11 is 0. The lowest BCUT2D eigenvalue weighted by Gasteiger charge is -2.23. The lowest BCUT2D eigenvalue weighted by molar-refractivity contribution is 0.0972. The summed E-state index contributed by atoms with van der Waals surface area (Å²) in [5, 5.41) is 3.22. The van der Waals surface area contributed by atoms with Crippen LogP contribution in [0.25, 0.3) is 5.57 Å². The van der Waals surface area contributed by atoms with Gasteiger partial charge in [0.2, 0.25) is 11.6 Å². The van der Waals surface area contributed by atoms with Crippen LogP contribution in [0, 0.1) is 0 Å². The molecular weight excluding hydrogens is 524 g/mol. The number of fused-ring (bicyclic) bond motifs is 3. The maximum atomic E-state index is 14.2. The van der Waals surface area contributed by atoms with Crippen LogP contribution in [0.1, 0.15) is 69.4 Å². The molecule has 0 atom stereocenters. The van der Waals surface area contributed by atoms with Crippen molar-refractivity contribution < 1.29 is 19.2 Å². The molecule has 0 saturated heterocycles. The molecule has 7 rings (SSSR count). The van der Waals surface area contributed by atoms with E-state index in [1.807, 2.05) is 60.7 Å². The minimum Gasteiger partial charge on any atom is -0.377 e. The maximum absolute atomic E-state index is 14.2. The summed E-state index contributed by atoms with van der Waals surface area (Å²) in [5.41, 5.74) is 3.85. The Hall–Kier alpha value is -5.62. The van der Waals surface area contributed by atoms with Gasteiger partial charge in [-0.15, -0.1) is 0 Å². The summed E-state index contributed by atoms with van der Waals surface area (Å²) in [6.45, 7) is 0.604. The minimum atomic E-state index is -0.375. The number of ketones is 4. The van der Waals surface area contributed by atoms with Gasteiger partial charge in [0, 0.05) is 47.1 Å². The Morgan fingerprint density at radius 3 is 1.62 bits per heavy atom. The molecule has 0 fully saturated rings. The predicted octanol–water partition coefficient (Wildman–Crippen LogP) is 5.89. The quantitative estimate of drug-likeness (QED) is 0.281. The number of carbonyl (C=O) groups excluding carboxylic acids is 4. The molecule has 0 bridgehead atoms. The Morgan fingerprint density at radius 2 is 1.00 bits per heavy atom. The second-order valence-corrected chi connectivity index (χ2v) is 10.4. The highest BCUT2D eigenvalue weighted by Gasteiger charge is 2.40. The first-order valence-corrected chi connectivity index (χ1v) is 13.7. The Balaban J connectivity index is 1.47. The molecule has 4 aromatic carbocycles. The van der Waals surface area contributed by atoms with Crippen LogP contribution >= 0.6 is 0 Å². The van der Waals surface area contributed by atoms with Gasteiger partial charge in [-0.25, -0.2) is 0 Å². The average molecular weight is 549 g/mol. The Morgan fingerprint density at radius 1 is 0.500 bits per heavy atom. The van der Waals surface area contributed by atoms with Gasteiger partial charge in [0.15, 0.2) is 11.6 Å². The average Bonchev–Trinajstić information content (AvgIpc) is 3.40. The summed E-state index contributed by atoms with van der Waals surface area (Å²) in [5.74, 6) is -1.36. The monoisotopic (exact) mass is 548 g/mol. The first-order valence-electron chi connectivity index (χ1n) is 13.7. The molecule has 1 heterocycles. The molecule has 5 aromatic rings. The predicted molar refractivity (Wildman–Crippen MR) is 159 cm³/mol. The van der Waals surface area contributed by atoms with E-state index < -0.39 is 0 Å². The van der Waals surface area contributed by atoms with Crippen molar-refractivity contribution in [1.82, 2.24) is 9.88 Å². The number of aromatic nitrogens is 1. The second-order valence-electron chi connectivity index (χ2n) is 10.4. The van der Waals surface area contributed by atoms with Crippen molar-refractivity contribution in [3.8, 4) is 0 Å². The van der Waals surface area contributed by atoms with Crippen molar-refractivity contribution in [3.63, 3.8) is 0 Å². The van der Waals surface area contributed by atoms with Crippen molar-refractivity contribution >= 4 is 28.7 Å². The highest BCUT2D eigenvalue weighted by atomic mass is 16.1. The van der Waals surface area contributed by atoms with Crippen LogP contribution in [-0.4, -0.2) is 27.7 Å². The van der Waals surface area contributed by atoms with Gasteiger partial charge in [-0.1, -0.05) is 109 Å². The molecule has 0 spiro atoms. The third kappa shape index (κ3) is 4.04. The fraction of sp³-hybridized carbons (Fsp3) is 0.0556. The number of allylic oxidation sites excluding steroid dienone is 2. The Kier molecular flexibility index (Phi) is 6.09. The highest BCUT2D eigenvalue weighted by molar-refractivity contribution is 6.42. The van der Waals surface area contributed by atoms with Gasteiger partial charge in [0.05, 0.1) is 16.8 Å². The van der Waals surface area contributed by atoms with Crippen LogP contribution in [0.2, 0.25) is 0 Å². The molecule has 0 radical (unpaired) electrons. The van der Waals surface area contributed by atoms with E-state index in [0.717, 1.165) is 11.1 Å². The van der Waals surface area contributed by atoms with Gasteiger partial charge in [-0.2, -0.15) is 0 Å². The number of nitrogens with zero attached hydrogens (tertiary/aromatic N) is 1. The maximum Gasteiger partial charge on any atom is 0.210 e. The number of rotatable bonds is 6. The number of benzene rings is 4. The van der Waals surface area contributed by atoms with E-state index in [4.69, 9.17) is 0 Å². The van der Waals surface area contributed by atoms with Crippen molar-refractivity contribution in [3.05, 3.63) is 171 Å². The van der Waals surface area contributed by atoms with E-state index in [0.29, 0.717) is 24.2 Å². The standard InChI is InChI=1S/C36H24N2O4/c39-33-24-15-7-9-17-26(24)35(41)31(37-19-22-11-3-1-4-12-22)29(33)28-21-38(20-23-13-5-2-6-14-23)32-30(28)34(40)25-16-8-10-18-27(25)36(32)42/h1-18,21,37H,19-20H2. The number of Topliss-reactive ketones (excluding diaryl/α,β-unsaturated/α-hetero) is 2. The summed E-state index contributed by atoms with van der Waals surface area (Å²) in [7, 11) is 0. The second kappa shape index (κ2) is 10.1. The van der Waals surface area contributed by atoms with E-state index in [1.54, 1.807) is 59.3 Å². The van der Waals surface area contributed by atoms with Crippen LogP contribution in [0.15, 0.2) is 121 Å². The van der Waals surface area contributed by atoms with Gasteiger partial charge in [-0.05, 0) is 11.1 Å². The lowest BCUT2D eigenvalue weighted by atomic mass is 9.80. The fourth-order valence-electron chi connectivity index (χ4n) is 5.85. The zero-order chi connectivity index (χ0) is 28.8. The third-order valence-electron chi connectivity index (χ3n) is 7.83. The van der Waals surface area contributed by atoms with Gasteiger partial charge in [-0.3, -0.25) is 19.2 Å². The van der Waals surface area contributed by atoms with Crippen molar-refractivity contribution in [2.45, 2.75) is 13.1 Å². The van der Waals surface area contributed by atoms with Crippen LogP contribution in [-0.2, 0) is 13.1 Å². The van der Waals surface area contributed by atoms with E-state index in [1.165, 1.54) is 0 Å². The van der Waals surface area contributed by atoms with E-state index >= 15 is 0 Å². The van der Waals surface area contributed by atoms with Gasteiger partial charge < -0.3 is 9.88 Å². The van der Waals surface area contributed by atoms with Gasteiger partial charge in [0.25, 0.3) is 0 Å².